The molecule has 2 aliphatic heterocycles. The van der Waals surface area contributed by atoms with E-state index in [0.717, 1.165) is 9.87 Å². The molecule has 2 aliphatic rings. The van der Waals surface area contributed by atoms with Crippen molar-refractivity contribution in [3.8, 4) is 0 Å². The largest absolute Gasteiger partial charge is 0.337 e. The number of hydrogen-bond donors (Lipinski definition) is 0. The molecule has 148 valence electrons. The quantitative estimate of drug-likeness (QED) is 0.764. The third-order valence-corrected chi connectivity index (χ3v) is 7.49. The minimum Gasteiger partial charge on any atom is -0.337 e. The summed E-state index contributed by atoms with van der Waals surface area (Å²) in [5.74, 6) is -0.341. The topological polar surface area (TPSA) is 57.7 Å². The van der Waals surface area contributed by atoms with Crippen molar-refractivity contribution in [3.05, 3.63) is 64.7 Å². The summed E-state index contributed by atoms with van der Waals surface area (Å²) < 4.78 is 41.3. The number of rotatable bonds is 3. The number of carbonyl (C=O) groups is 1. The number of benzene rings is 2. The van der Waals surface area contributed by atoms with Crippen molar-refractivity contribution < 1.29 is 17.6 Å². The highest BCUT2D eigenvalue weighted by Gasteiger charge is 2.45. The Kier molecular flexibility index (Phi) is 5.16. The Balaban J connectivity index is 1.59. The molecule has 5 nitrogen and oxygen atoms in total. The molecular weight excluding hydrogens is 403 g/mol. The molecule has 8 heteroatoms. The molecule has 0 N–H and O–H groups in total. The highest BCUT2D eigenvalue weighted by atomic mass is 35.5. The first-order chi connectivity index (χ1) is 13.4. The van der Waals surface area contributed by atoms with Gasteiger partial charge in [0.2, 0.25) is 15.9 Å². The summed E-state index contributed by atoms with van der Waals surface area (Å²) in [4.78, 5) is 14.8. The molecule has 28 heavy (non-hydrogen) atoms. The SMILES string of the molecule is O=C([C@@H]1C[C@H](F)CN1S(=O)(=O)c1ccc(Cl)cc1)N1CCc2ccccc2C1. The van der Waals surface area contributed by atoms with Crippen LogP contribution >= 0.6 is 11.6 Å². The van der Waals surface area contributed by atoms with E-state index < -0.39 is 22.2 Å². The van der Waals surface area contributed by atoms with Crippen LogP contribution in [0.3, 0.4) is 0 Å². The molecule has 1 saturated heterocycles. The summed E-state index contributed by atoms with van der Waals surface area (Å²) in [7, 11) is -3.99. The average molecular weight is 423 g/mol. The third kappa shape index (κ3) is 3.54. The zero-order chi connectivity index (χ0) is 19.9. The number of alkyl halides is 1. The van der Waals surface area contributed by atoms with Gasteiger partial charge in [0.15, 0.2) is 0 Å². The Labute approximate surface area is 168 Å². The van der Waals surface area contributed by atoms with Gasteiger partial charge < -0.3 is 4.90 Å². The van der Waals surface area contributed by atoms with Gasteiger partial charge >= 0.3 is 0 Å². The second kappa shape index (κ2) is 7.46. The summed E-state index contributed by atoms with van der Waals surface area (Å²) in [6.45, 7) is 0.598. The zero-order valence-electron chi connectivity index (χ0n) is 15.1. The van der Waals surface area contributed by atoms with Crippen molar-refractivity contribution in [1.29, 1.82) is 0 Å². The van der Waals surface area contributed by atoms with Crippen LogP contribution in [0.25, 0.3) is 0 Å². The first-order valence-electron chi connectivity index (χ1n) is 9.13. The number of sulfonamides is 1. The van der Waals surface area contributed by atoms with Crippen LogP contribution in [-0.4, -0.2) is 48.8 Å². The van der Waals surface area contributed by atoms with E-state index in [1.54, 1.807) is 4.90 Å². The van der Waals surface area contributed by atoms with Crippen LogP contribution in [0, 0.1) is 0 Å². The van der Waals surface area contributed by atoms with Gasteiger partial charge in [0.1, 0.15) is 12.2 Å². The molecule has 0 aromatic heterocycles. The van der Waals surface area contributed by atoms with Crippen LogP contribution in [0.2, 0.25) is 5.02 Å². The molecule has 2 atom stereocenters. The van der Waals surface area contributed by atoms with E-state index in [0.29, 0.717) is 24.5 Å². The van der Waals surface area contributed by atoms with Crippen LogP contribution in [0.4, 0.5) is 4.39 Å². The summed E-state index contributed by atoms with van der Waals surface area (Å²) >= 11 is 5.84. The molecule has 1 amide bonds. The number of fused-ring (bicyclic) bond motifs is 1. The standard InChI is InChI=1S/C20H20ClFN2O3S/c21-16-5-7-18(8-6-16)28(26,27)24-13-17(22)11-19(24)20(25)23-10-9-14-3-1-2-4-15(14)12-23/h1-8,17,19H,9-13H2/t17-,19-/m0/s1. The lowest BCUT2D eigenvalue weighted by atomic mass is 9.99. The third-order valence-electron chi connectivity index (χ3n) is 5.35. The van der Waals surface area contributed by atoms with E-state index in [4.69, 9.17) is 11.6 Å². The average Bonchev–Trinajstić information content (AvgIpc) is 3.10. The van der Waals surface area contributed by atoms with Crippen molar-refractivity contribution in [3.63, 3.8) is 0 Å². The van der Waals surface area contributed by atoms with Crippen molar-refractivity contribution in [2.45, 2.75) is 36.5 Å². The summed E-state index contributed by atoms with van der Waals surface area (Å²) in [5, 5.41) is 0.406. The van der Waals surface area contributed by atoms with Gasteiger partial charge in [-0.15, -0.1) is 0 Å². The first-order valence-corrected chi connectivity index (χ1v) is 10.9. The normalized spacial score (nSPS) is 22.9. The maximum absolute atomic E-state index is 14.2. The molecule has 2 aromatic carbocycles. The number of nitrogens with zero attached hydrogens (tertiary/aromatic N) is 2. The molecule has 0 spiro atoms. The van der Waals surface area contributed by atoms with E-state index in [1.807, 2.05) is 24.3 Å². The van der Waals surface area contributed by atoms with Gasteiger partial charge in [-0.1, -0.05) is 35.9 Å². The Morgan fingerprint density at radius 1 is 1.07 bits per heavy atom. The van der Waals surface area contributed by atoms with Gasteiger partial charge in [0.25, 0.3) is 0 Å². The maximum atomic E-state index is 14.2. The Morgan fingerprint density at radius 2 is 1.75 bits per heavy atom. The molecule has 0 bridgehead atoms. The van der Waals surface area contributed by atoms with Crippen LogP contribution in [0.5, 0.6) is 0 Å². The predicted molar refractivity (Wildman–Crippen MR) is 104 cm³/mol. The fourth-order valence-corrected chi connectivity index (χ4v) is 5.63. The Bertz CT molecular complexity index is 997. The second-order valence-corrected chi connectivity index (χ2v) is 9.48. The van der Waals surface area contributed by atoms with Crippen LogP contribution in [0.1, 0.15) is 17.5 Å². The van der Waals surface area contributed by atoms with Crippen molar-refractivity contribution >= 4 is 27.5 Å². The van der Waals surface area contributed by atoms with Crippen LogP contribution in [-0.2, 0) is 27.8 Å². The van der Waals surface area contributed by atoms with E-state index in [2.05, 4.69) is 0 Å². The monoisotopic (exact) mass is 422 g/mol. The number of halogens is 2. The Hall–Kier alpha value is -1.96. The molecule has 0 radical (unpaired) electrons. The van der Waals surface area contributed by atoms with Gasteiger partial charge in [-0.05, 0) is 41.8 Å². The minimum absolute atomic E-state index is 0.00721. The van der Waals surface area contributed by atoms with E-state index in [-0.39, 0.29) is 23.8 Å². The van der Waals surface area contributed by atoms with Gasteiger partial charge in [-0.2, -0.15) is 4.31 Å². The summed E-state index contributed by atoms with van der Waals surface area (Å²) in [6.07, 6.45) is -0.783. The van der Waals surface area contributed by atoms with E-state index in [9.17, 15) is 17.6 Å². The van der Waals surface area contributed by atoms with Crippen molar-refractivity contribution in [2.75, 3.05) is 13.1 Å². The molecule has 2 heterocycles. The van der Waals surface area contributed by atoms with Crippen LogP contribution < -0.4 is 0 Å². The van der Waals surface area contributed by atoms with Gasteiger partial charge in [-0.25, -0.2) is 12.8 Å². The first kappa shape index (κ1) is 19.4. The zero-order valence-corrected chi connectivity index (χ0v) is 16.7. The van der Waals surface area contributed by atoms with Crippen molar-refractivity contribution in [1.82, 2.24) is 9.21 Å². The molecule has 4 rings (SSSR count). The molecule has 0 unspecified atom stereocenters. The smallest absolute Gasteiger partial charge is 0.243 e. The highest BCUT2D eigenvalue weighted by molar-refractivity contribution is 7.89. The lowest BCUT2D eigenvalue weighted by Gasteiger charge is -2.33. The van der Waals surface area contributed by atoms with Crippen LogP contribution in [0.15, 0.2) is 53.4 Å². The summed E-state index contributed by atoms with van der Waals surface area (Å²) in [5.41, 5.74) is 2.23. The maximum Gasteiger partial charge on any atom is 0.243 e. The fourth-order valence-electron chi connectivity index (χ4n) is 3.88. The Morgan fingerprint density at radius 3 is 2.46 bits per heavy atom. The number of carbonyl (C=O) groups excluding carboxylic acids is 1. The molecule has 0 saturated carbocycles. The van der Waals surface area contributed by atoms with E-state index >= 15 is 0 Å². The second-order valence-electron chi connectivity index (χ2n) is 7.16. The van der Waals surface area contributed by atoms with Gasteiger partial charge in [0, 0.05) is 31.1 Å². The predicted octanol–water partition coefficient (Wildman–Crippen LogP) is 3.03. The summed E-state index contributed by atoms with van der Waals surface area (Å²) in [6, 6.07) is 12.5. The minimum atomic E-state index is -3.99. The molecule has 2 aromatic rings. The van der Waals surface area contributed by atoms with Gasteiger partial charge in [0.05, 0.1) is 4.90 Å². The lowest BCUT2D eigenvalue weighted by molar-refractivity contribution is -0.135. The lowest BCUT2D eigenvalue weighted by Crippen LogP contribution is -2.49. The van der Waals surface area contributed by atoms with E-state index in [1.165, 1.54) is 29.8 Å². The highest BCUT2D eigenvalue weighted by Crippen LogP contribution is 2.31. The van der Waals surface area contributed by atoms with Gasteiger partial charge in [-0.3, -0.25) is 4.79 Å². The number of hydrogen-bond acceptors (Lipinski definition) is 3. The fraction of sp³-hybridized carbons (Fsp3) is 0.350. The molecular formula is C20H20ClFN2O3S. The molecule has 0 aliphatic carbocycles. The number of amides is 1. The molecule has 1 fully saturated rings. The van der Waals surface area contributed by atoms with Crippen molar-refractivity contribution in [2.24, 2.45) is 0 Å².